The van der Waals surface area contributed by atoms with Gasteiger partial charge in [-0.3, -0.25) is 9.98 Å². The summed E-state index contributed by atoms with van der Waals surface area (Å²) in [6.07, 6.45) is 2.95. The monoisotopic (exact) mass is 500 g/mol. The predicted molar refractivity (Wildman–Crippen MR) is 139 cm³/mol. The third-order valence-corrected chi connectivity index (χ3v) is 5.79. The third kappa shape index (κ3) is 8.27. The first-order chi connectivity index (χ1) is 15.8. The van der Waals surface area contributed by atoms with Gasteiger partial charge >= 0.3 is 11.9 Å². The Bertz CT molecular complexity index is 1010. The normalized spacial score (nSPS) is 12.3. The molecular weight excluding hydrogens is 468 g/mol. The molecule has 0 heterocycles. The van der Waals surface area contributed by atoms with Crippen molar-refractivity contribution in [1.29, 1.82) is 0 Å². The molecule has 182 valence electrons. The minimum atomic E-state index is -2.09. The summed E-state index contributed by atoms with van der Waals surface area (Å²) in [6, 6.07) is 9.64. The van der Waals surface area contributed by atoms with Gasteiger partial charge in [-0.15, -0.1) is 0 Å². The van der Waals surface area contributed by atoms with E-state index in [-0.39, 0.29) is 22.6 Å². The molecule has 0 aliphatic heterocycles. The van der Waals surface area contributed by atoms with Gasteiger partial charge in [-0.1, -0.05) is 12.1 Å². The van der Waals surface area contributed by atoms with Crippen LogP contribution in [0.4, 0.5) is 0 Å². The van der Waals surface area contributed by atoms with Crippen LogP contribution >= 0.6 is 0 Å². The molecule has 34 heavy (non-hydrogen) atoms. The highest BCUT2D eigenvalue weighted by atomic mass is 28.4. The fourth-order valence-corrected chi connectivity index (χ4v) is 4.10. The van der Waals surface area contributed by atoms with E-state index in [1.807, 2.05) is 39.3 Å². The van der Waals surface area contributed by atoms with E-state index in [9.17, 15) is 19.8 Å². The molecule has 0 aliphatic carbocycles. The largest absolute Gasteiger partial charge is 0.516 e. The second-order valence-corrected chi connectivity index (χ2v) is 18.4. The number of nitrogens with zero attached hydrogens (tertiary/aromatic N) is 2. The summed E-state index contributed by atoms with van der Waals surface area (Å²) in [7, 11) is -4.18. The van der Waals surface area contributed by atoms with Gasteiger partial charge in [0.15, 0.2) is 0 Å². The number of hydrogen-bond acceptors (Lipinski definition) is 8. The molecule has 0 spiro atoms. The number of aromatic hydroxyl groups is 2. The maximum Gasteiger partial charge on any atom is 0.328 e. The molecular formula is C24H32N2O6Si2. The summed E-state index contributed by atoms with van der Waals surface area (Å²) in [4.78, 5) is 33.1. The minimum Gasteiger partial charge on any atom is -0.516 e. The maximum absolute atomic E-state index is 12.3. The molecule has 0 bridgehead atoms. The van der Waals surface area contributed by atoms with Crippen LogP contribution in [0.3, 0.4) is 0 Å². The predicted octanol–water partition coefficient (Wildman–Crippen LogP) is 4.62. The lowest BCUT2D eigenvalue weighted by Crippen LogP contribution is -2.29. The van der Waals surface area contributed by atoms with Gasteiger partial charge in [-0.25, -0.2) is 9.59 Å². The Kier molecular flexibility index (Phi) is 8.94. The van der Waals surface area contributed by atoms with Crippen LogP contribution in [0.1, 0.15) is 31.8 Å². The van der Waals surface area contributed by atoms with Crippen molar-refractivity contribution in [3.63, 3.8) is 0 Å². The van der Waals surface area contributed by atoms with E-state index in [1.54, 1.807) is 24.3 Å². The molecule has 0 aliphatic rings. The number of carbonyl (C=O) groups is 2. The van der Waals surface area contributed by atoms with E-state index in [0.29, 0.717) is 24.2 Å². The lowest BCUT2D eigenvalue weighted by Gasteiger charge is -2.18. The molecule has 0 fully saturated rings. The van der Waals surface area contributed by atoms with Crippen molar-refractivity contribution in [3.8, 4) is 11.5 Å². The quantitative estimate of drug-likeness (QED) is 0.295. The van der Waals surface area contributed by atoms with Crippen molar-refractivity contribution < 1.29 is 28.7 Å². The zero-order chi connectivity index (χ0) is 25.5. The van der Waals surface area contributed by atoms with Gasteiger partial charge in [-0.2, -0.15) is 0 Å². The second kappa shape index (κ2) is 11.3. The van der Waals surface area contributed by atoms with Crippen LogP contribution in [-0.2, 0) is 8.85 Å². The first-order valence-corrected chi connectivity index (χ1v) is 17.7. The summed E-state index contributed by atoms with van der Waals surface area (Å²) in [5, 5.41) is 20.8. The Hall–Kier alpha value is -3.25. The summed E-state index contributed by atoms with van der Waals surface area (Å²) < 4.78 is 10.9. The van der Waals surface area contributed by atoms with Crippen LogP contribution in [-0.4, -0.2) is 64.3 Å². The summed E-state index contributed by atoms with van der Waals surface area (Å²) in [5.74, 6) is -1.45. The molecule has 0 atom stereocenters. The Balaban J connectivity index is 2.00. The molecule has 2 aromatic rings. The minimum absolute atomic E-state index is 0.104. The fourth-order valence-electron chi connectivity index (χ4n) is 2.77. The van der Waals surface area contributed by atoms with Crippen molar-refractivity contribution >= 4 is 41.0 Å². The molecule has 0 aromatic heterocycles. The van der Waals surface area contributed by atoms with Crippen molar-refractivity contribution in [1.82, 2.24) is 0 Å². The van der Waals surface area contributed by atoms with E-state index in [4.69, 9.17) is 8.85 Å². The first-order valence-electron chi connectivity index (χ1n) is 10.9. The second-order valence-electron chi connectivity index (χ2n) is 9.56. The van der Waals surface area contributed by atoms with E-state index >= 15 is 0 Å². The average Bonchev–Trinajstić information content (AvgIpc) is 2.70. The van der Waals surface area contributed by atoms with Gasteiger partial charge in [0.1, 0.15) is 22.6 Å². The standard InChI is InChI=1S/C24H32N2O6Si2/c1-33(2,3)31-23(29)19-11-7-9-17(21(19)27)15-25-13-14-26-16-18-10-8-12-20(22(18)28)24(30)32-34(4,5)6/h7-12,15-16,27-28H,13-14H2,1-6H3. The number of phenolic OH excluding ortho intramolecular Hbond substituents is 2. The lowest BCUT2D eigenvalue weighted by atomic mass is 10.1. The highest BCUT2D eigenvalue weighted by Crippen LogP contribution is 2.24. The van der Waals surface area contributed by atoms with E-state index in [0.717, 1.165) is 0 Å². The molecule has 0 radical (unpaired) electrons. The number of para-hydroxylation sites is 2. The molecule has 8 nitrogen and oxygen atoms in total. The van der Waals surface area contributed by atoms with E-state index < -0.39 is 28.6 Å². The summed E-state index contributed by atoms with van der Waals surface area (Å²) in [5.41, 5.74) is 1.01. The van der Waals surface area contributed by atoms with Crippen LogP contribution in [0.15, 0.2) is 46.4 Å². The van der Waals surface area contributed by atoms with Gasteiger partial charge in [0.25, 0.3) is 0 Å². The number of benzene rings is 2. The maximum atomic E-state index is 12.3. The smallest absolute Gasteiger partial charge is 0.328 e. The Labute approximate surface area is 202 Å². The van der Waals surface area contributed by atoms with E-state index in [1.165, 1.54) is 24.6 Å². The number of aliphatic imine (C=N–C) groups is 2. The molecule has 0 saturated carbocycles. The Morgan fingerprint density at radius 1 is 0.735 bits per heavy atom. The van der Waals surface area contributed by atoms with Crippen molar-refractivity contribution in [2.45, 2.75) is 39.3 Å². The fraction of sp³-hybridized carbons (Fsp3) is 0.333. The third-order valence-electron chi connectivity index (χ3n) is 4.19. The molecule has 0 amide bonds. The molecule has 2 aromatic carbocycles. The first kappa shape index (κ1) is 27.0. The molecule has 0 unspecified atom stereocenters. The topological polar surface area (TPSA) is 118 Å². The lowest BCUT2D eigenvalue weighted by molar-refractivity contribution is 0.0710. The van der Waals surface area contributed by atoms with Gasteiger partial charge < -0.3 is 19.1 Å². The number of carbonyl (C=O) groups excluding carboxylic acids is 2. The van der Waals surface area contributed by atoms with Gasteiger partial charge in [0.2, 0.25) is 16.6 Å². The zero-order valence-corrected chi connectivity index (χ0v) is 22.5. The number of phenols is 2. The van der Waals surface area contributed by atoms with Crippen LogP contribution < -0.4 is 0 Å². The molecule has 2 N–H and O–H groups in total. The SMILES string of the molecule is C[Si](C)(C)OC(=O)c1cccc(C=NCCN=Cc2cccc(C(=O)O[Si](C)(C)C)c2O)c1O. The zero-order valence-electron chi connectivity index (χ0n) is 20.5. The van der Waals surface area contributed by atoms with Crippen molar-refractivity contribution in [2.75, 3.05) is 13.1 Å². The molecule has 0 saturated heterocycles. The summed E-state index contributed by atoms with van der Waals surface area (Å²) >= 11 is 0. The molecule has 2 rings (SSSR count). The van der Waals surface area contributed by atoms with Crippen molar-refractivity contribution in [3.05, 3.63) is 58.7 Å². The summed E-state index contributed by atoms with van der Waals surface area (Å²) in [6.45, 7) is 12.0. The average molecular weight is 501 g/mol. The number of hydrogen-bond donors (Lipinski definition) is 2. The van der Waals surface area contributed by atoms with Crippen LogP contribution in [0.2, 0.25) is 39.3 Å². The van der Waals surface area contributed by atoms with E-state index in [2.05, 4.69) is 9.98 Å². The Morgan fingerprint density at radius 2 is 1.09 bits per heavy atom. The van der Waals surface area contributed by atoms with Gasteiger partial charge in [-0.05, 0) is 63.5 Å². The highest BCUT2D eigenvalue weighted by Gasteiger charge is 2.24. The van der Waals surface area contributed by atoms with Crippen LogP contribution in [0, 0.1) is 0 Å². The van der Waals surface area contributed by atoms with Crippen molar-refractivity contribution in [2.24, 2.45) is 9.98 Å². The van der Waals surface area contributed by atoms with Gasteiger partial charge in [0.05, 0.1) is 13.1 Å². The highest BCUT2D eigenvalue weighted by molar-refractivity contribution is 6.71. The van der Waals surface area contributed by atoms with Crippen LogP contribution in [0.5, 0.6) is 11.5 Å². The number of rotatable bonds is 9. The van der Waals surface area contributed by atoms with Gasteiger partial charge in [0, 0.05) is 23.6 Å². The van der Waals surface area contributed by atoms with Crippen LogP contribution in [0.25, 0.3) is 0 Å². The molecule has 10 heteroatoms. The Morgan fingerprint density at radius 3 is 1.41 bits per heavy atom.